The number of carbonyl (C=O) groups excluding carboxylic acids is 1. The molecule has 2 rings (SSSR count). The lowest BCUT2D eigenvalue weighted by molar-refractivity contribution is -0.274. The van der Waals surface area contributed by atoms with Crippen LogP contribution in [-0.4, -0.2) is 18.3 Å². The van der Waals surface area contributed by atoms with E-state index in [9.17, 15) is 18.0 Å². The molecule has 1 fully saturated rings. The lowest BCUT2D eigenvalue weighted by Crippen LogP contribution is -2.41. The van der Waals surface area contributed by atoms with E-state index >= 15 is 0 Å². The molecule has 0 bridgehead atoms. The van der Waals surface area contributed by atoms with Crippen molar-refractivity contribution >= 4 is 5.91 Å². The Morgan fingerprint density at radius 3 is 2.38 bits per heavy atom. The highest BCUT2D eigenvalue weighted by Gasteiger charge is 2.31. The van der Waals surface area contributed by atoms with Gasteiger partial charge >= 0.3 is 6.36 Å². The van der Waals surface area contributed by atoms with E-state index in [0.717, 1.165) is 31.4 Å². The Hall–Kier alpha value is -1.72. The van der Waals surface area contributed by atoms with Gasteiger partial charge in [-0.05, 0) is 43.0 Å². The maximum Gasteiger partial charge on any atom is 0.573 e. The van der Waals surface area contributed by atoms with Gasteiger partial charge in [-0.3, -0.25) is 4.79 Å². The van der Waals surface area contributed by atoms with Gasteiger partial charge in [-0.1, -0.05) is 19.8 Å². The summed E-state index contributed by atoms with van der Waals surface area (Å²) in [5.74, 6) is -0.159. The number of alkyl halides is 3. The fourth-order valence-electron chi connectivity index (χ4n) is 2.59. The van der Waals surface area contributed by atoms with Gasteiger partial charge in [-0.15, -0.1) is 13.2 Å². The predicted molar refractivity (Wildman–Crippen MR) is 72.0 cm³/mol. The van der Waals surface area contributed by atoms with Gasteiger partial charge in [0, 0.05) is 11.6 Å². The molecule has 1 aromatic carbocycles. The van der Waals surface area contributed by atoms with Gasteiger partial charge in [0.2, 0.25) is 0 Å². The van der Waals surface area contributed by atoms with E-state index in [-0.39, 0.29) is 17.7 Å². The zero-order chi connectivity index (χ0) is 15.5. The fraction of sp³-hybridized carbons (Fsp3) is 0.533. The minimum absolute atomic E-state index is 0.136. The summed E-state index contributed by atoms with van der Waals surface area (Å²) >= 11 is 0. The summed E-state index contributed by atoms with van der Waals surface area (Å²) in [7, 11) is 0. The van der Waals surface area contributed by atoms with Crippen LogP contribution in [0.4, 0.5) is 13.2 Å². The highest BCUT2D eigenvalue weighted by molar-refractivity contribution is 5.94. The third kappa shape index (κ3) is 4.65. The highest BCUT2D eigenvalue weighted by atomic mass is 19.4. The van der Waals surface area contributed by atoms with Gasteiger partial charge in [-0.25, -0.2) is 0 Å². The monoisotopic (exact) mass is 301 g/mol. The second-order valence-electron chi connectivity index (χ2n) is 5.41. The molecule has 0 spiro atoms. The Labute approximate surface area is 121 Å². The Kier molecular flexibility index (Phi) is 4.75. The molecule has 0 saturated heterocycles. The number of halogens is 3. The first-order chi connectivity index (χ1) is 9.85. The van der Waals surface area contributed by atoms with Crippen LogP contribution in [0.25, 0.3) is 0 Å². The lowest BCUT2D eigenvalue weighted by Gasteiger charge is -2.29. The van der Waals surface area contributed by atoms with Crippen molar-refractivity contribution in [3.63, 3.8) is 0 Å². The summed E-state index contributed by atoms with van der Waals surface area (Å²) in [4.78, 5) is 12.1. The Bertz CT molecular complexity index is 485. The molecule has 1 saturated carbocycles. The molecule has 0 aliphatic heterocycles. The summed E-state index contributed by atoms with van der Waals surface area (Å²) in [6.07, 6.45) is -0.419. The lowest BCUT2D eigenvalue weighted by atomic mass is 9.86. The second kappa shape index (κ2) is 6.37. The number of nitrogens with one attached hydrogen (secondary N) is 1. The maximum atomic E-state index is 12.1. The first kappa shape index (κ1) is 15.7. The molecule has 21 heavy (non-hydrogen) atoms. The molecule has 0 aromatic heterocycles. The molecule has 116 valence electrons. The third-order valence-corrected chi connectivity index (χ3v) is 3.78. The van der Waals surface area contributed by atoms with Gasteiger partial charge in [-0.2, -0.15) is 0 Å². The molecule has 0 unspecified atom stereocenters. The largest absolute Gasteiger partial charge is 0.573 e. The van der Waals surface area contributed by atoms with E-state index in [2.05, 4.69) is 17.0 Å². The van der Waals surface area contributed by atoms with E-state index in [4.69, 9.17) is 0 Å². The molecule has 3 nitrogen and oxygen atoms in total. The van der Waals surface area contributed by atoms with E-state index in [1.807, 2.05) is 0 Å². The first-order valence-electron chi connectivity index (χ1n) is 7.02. The number of amides is 1. The maximum absolute atomic E-state index is 12.1. The Morgan fingerprint density at radius 2 is 1.81 bits per heavy atom. The molecule has 1 amide bonds. The molecule has 0 radical (unpaired) electrons. The SMILES string of the molecule is C[C@H]1CCCC[C@H]1NC(=O)c1ccc(OC(F)(F)F)cc1. The smallest absolute Gasteiger partial charge is 0.406 e. The van der Waals surface area contributed by atoms with Crippen LogP contribution in [0.15, 0.2) is 24.3 Å². The molecule has 1 aliphatic rings. The number of rotatable bonds is 3. The summed E-state index contributed by atoms with van der Waals surface area (Å²) < 4.78 is 39.9. The van der Waals surface area contributed by atoms with Crippen LogP contribution >= 0.6 is 0 Å². The second-order valence-corrected chi connectivity index (χ2v) is 5.41. The third-order valence-electron chi connectivity index (χ3n) is 3.78. The molecular weight excluding hydrogens is 283 g/mol. The van der Waals surface area contributed by atoms with Gasteiger partial charge in [0.25, 0.3) is 5.91 Å². The molecule has 0 heterocycles. The fourth-order valence-corrected chi connectivity index (χ4v) is 2.59. The van der Waals surface area contributed by atoms with Gasteiger partial charge in [0.1, 0.15) is 5.75 Å². The summed E-state index contributed by atoms with van der Waals surface area (Å²) in [6.45, 7) is 2.10. The minimum atomic E-state index is -4.72. The number of hydrogen-bond acceptors (Lipinski definition) is 2. The summed E-state index contributed by atoms with van der Waals surface area (Å²) in [6, 6.07) is 5.10. The Morgan fingerprint density at radius 1 is 1.19 bits per heavy atom. The van der Waals surface area contributed by atoms with Crippen molar-refractivity contribution in [2.45, 2.75) is 45.0 Å². The van der Waals surface area contributed by atoms with Crippen molar-refractivity contribution in [3.8, 4) is 5.75 Å². The van der Waals surface area contributed by atoms with Crippen LogP contribution in [0.2, 0.25) is 0 Å². The van der Waals surface area contributed by atoms with Crippen molar-refractivity contribution in [2.24, 2.45) is 5.92 Å². The molecule has 6 heteroatoms. The highest BCUT2D eigenvalue weighted by Crippen LogP contribution is 2.25. The van der Waals surface area contributed by atoms with E-state index in [1.165, 1.54) is 18.6 Å². The van der Waals surface area contributed by atoms with Crippen LogP contribution in [0.3, 0.4) is 0 Å². The Balaban J connectivity index is 1.96. The van der Waals surface area contributed by atoms with Crippen LogP contribution in [0, 0.1) is 5.92 Å². The van der Waals surface area contributed by atoms with E-state index in [1.54, 1.807) is 0 Å². The van der Waals surface area contributed by atoms with E-state index < -0.39 is 6.36 Å². The topological polar surface area (TPSA) is 38.3 Å². The van der Waals surface area contributed by atoms with Crippen LogP contribution in [0.5, 0.6) is 5.75 Å². The van der Waals surface area contributed by atoms with Crippen molar-refractivity contribution in [2.75, 3.05) is 0 Å². The van der Waals surface area contributed by atoms with Crippen molar-refractivity contribution < 1.29 is 22.7 Å². The molecule has 2 atom stereocenters. The number of benzene rings is 1. The van der Waals surface area contributed by atoms with Crippen LogP contribution in [-0.2, 0) is 0 Å². The summed E-state index contributed by atoms with van der Waals surface area (Å²) in [5, 5.41) is 2.95. The van der Waals surface area contributed by atoms with Crippen molar-refractivity contribution in [3.05, 3.63) is 29.8 Å². The van der Waals surface area contributed by atoms with E-state index in [0.29, 0.717) is 11.5 Å². The van der Waals surface area contributed by atoms with Gasteiger partial charge in [0.15, 0.2) is 0 Å². The van der Waals surface area contributed by atoms with Gasteiger partial charge in [0.05, 0.1) is 0 Å². The van der Waals surface area contributed by atoms with Gasteiger partial charge < -0.3 is 10.1 Å². The van der Waals surface area contributed by atoms with Crippen molar-refractivity contribution in [1.82, 2.24) is 5.32 Å². The average molecular weight is 301 g/mol. The van der Waals surface area contributed by atoms with Crippen LogP contribution < -0.4 is 10.1 Å². The standard InChI is InChI=1S/C15H18F3NO2/c1-10-4-2-3-5-13(10)19-14(20)11-6-8-12(9-7-11)21-15(16,17)18/h6-10,13H,2-5H2,1H3,(H,19,20)/t10-,13+/m0/s1. The molecule has 1 aromatic rings. The van der Waals surface area contributed by atoms with Crippen molar-refractivity contribution in [1.29, 1.82) is 0 Å². The molecule has 1 N–H and O–H groups in total. The quantitative estimate of drug-likeness (QED) is 0.919. The zero-order valence-electron chi connectivity index (χ0n) is 11.7. The normalized spacial score (nSPS) is 22.7. The summed E-state index contributed by atoms with van der Waals surface area (Å²) in [5.41, 5.74) is 0.335. The van der Waals surface area contributed by atoms with Crippen LogP contribution in [0.1, 0.15) is 43.0 Å². The average Bonchev–Trinajstić information content (AvgIpc) is 2.40. The molecular formula is C15H18F3NO2. The zero-order valence-corrected chi connectivity index (χ0v) is 11.7. The predicted octanol–water partition coefficient (Wildman–Crippen LogP) is 3.89. The minimum Gasteiger partial charge on any atom is -0.406 e. The number of hydrogen-bond donors (Lipinski definition) is 1. The number of carbonyl (C=O) groups is 1. The number of ether oxygens (including phenoxy) is 1. The molecule has 1 aliphatic carbocycles. The first-order valence-corrected chi connectivity index (χ1v) is 7.02.